The number of phenols is 2. The van der Waals surface area contributed by atoms with Crippen molar-refractivity contribution in [3.05, 3.63) is 107 Å². The van der Waals surface area contributed by atoms with Crippen LogP contribution in [0.25, 0.3) is 22.3 Å². The van der Waals surface area contributed by atoms with Gasteiger partial charge in [-0.2, -0.15) is 0 Å². The molecule has 0 radical (unpaired) electrons. The van der Waals surface area contributed by atoms with Crippen LogP contribution < -0.4 is 0 Å². The average molecular weight is 599 g/mol. The van der Waals surface area contributed by atoms with Gasteiger partial charge in [0.05, 0.1) is 11.6 Å². The van der Waals surface area contributed by atoms with Gasteiger partial charge in [0.1, 0.15) is 11.5 Å². The molecule has 0 spiro atoms. The fraction of sp³-hybridized carbons (Fsp3) is 0.366. The lowest BCUT2D eigenvalue weighted by Gasteiger charge is -2.29. The van der Waals surface area contributed by atoms with Crippen LogP contribution in [0.5, 0.6) is 11.5 Å². The molecule has 2 aliphatic rings. The minimum Gasteiger partial charge on any atom is -0.507 e. The van der Waals surface area contributed by atoms with E-state index in [2.05, 4.69) is 84.0 Å². The maximum absolute atomic E-state index is 11.4. The number of benzene rings is 4. The van der Waals surface area contributed by atoms with Crippen LogP contribution in [0.4, 0.5) is 0 Å². The maximum atomic E-state index is 11.4. The van der Waals surface area contributed by atoms with Crippen LogP contribution in [0.2, 0.25) is 0 Å². The molecule has 45 heavy (non-hydrogen) atoms. The van der Waals surface area contributed by atoms with Gasteiger partial charge in [0.2, 0.25) is 0 Å². The molecule has 0 heterocycles. The summed E-state index contributed by atoms with van der Waals surface area (Å²) >= 11 is 0. The SMILES string of the molecule is CC(C)(C)c1cc(-c2ccccc2)cc(C=NC2CC3CCC2(N=Cc2cc(-c4ccccc4)cc(C(C)(C)C)c2O)C3)c1O. The highest BCUT2D eigenvalue weighted by atomic mass is 16.3. The molecule has 2 saturated carbocycles. The molecule has 2 bridgehead atoms. The largest absolute Gasteiger partial charge is 0.507 e. The Bertz CT molecular complexity index is 1740. The van der Waals surface area contributed by atoms with E-state index >= 15 is 0 Å². The number of rotatable bonds is 6. The predicted molar refractivity (Wildman–Crippen MR) is 188 cm³/mol. The Balaban J connectivity index is 1.37. The fourth-order valence-corrected chi connectivity index (χ4v) is 7.22. The van der Waals surface area contributed by atoms with E-state index in [0.29, 0.717) is 17.4 Å². The van der Waals surface area contributed by atoms with E-state index in [9.17, 15) is 10.2 Å². The van der Waals surface area contributed by atoms with Crippen LogP contribution >= 0.6 is 0 Å². The summed E-state index contributed by atoms with van der Waals surface area (Å²) in [5, 5.41) is 22.9. The molecule has 0 aliphatic heterocycles. The van der Waals surface area contributed by atoms with E-state index in [-0.39, 0.29) is 22.4 Å². The van der Waals surface area contributed by atoms with E-state index in [1.165, 1.54) is 0 Å². The summed E-state index contributed by atoms with van der Waals surface area (Å²) in [6.45, 7) is 12.8. The van der Waals surface area contributed by atoms with E-state index in [0.717, 1.165) is 70.2 Å². The molecular formula is C41H46N2O2. The van der Waals surface area contributed by atoms with Crippen LogP contribution in [-0.2, 0) is 10.8 Å². The van der Waals surface area contributed by atoms with Crippen molar-refractivity contribution in [1.82, 2.24) is 0 Å². The molecule has 4 aromatic rings. The van der Waals surface area contributed by atoms with Crippen molar-refractivity contribution in [3.63, 3.8) is 0 Å². The molecule has 0 amide bonds. The predicted octanol–water partition coefficient (Wildman–Crippen LogP) is 9.88. The number of hydrogen-bond acceptors (Lipinski definition) is 4. The van der Waals surface area contributed by atoms with Crippen molar-refractivity contribution in [2.24, 2.45) is 15.9 Å². The van der Waals surface area contributed by atoms with Crippen LogP contribution in [-0.4, -0.2) is 34.2 Å². The number of hydrogen-bond donors (Lipinski definition) is 2. The molecule has 4 nitrogen and oxygen atoms in total. The molecule has 0 saturated heterocycles. The molecule has 3 unspecified atom stereocenters. The van der Waals surface area contributed by atoms with Gasteiger partial charge in [-0.3, -0.25) is 9.98 Å². The zero-order valence-electron chi connectivity index (χ0n) is 27.5. The van der Waals surface area contributed by atoms with Gasteiger partial charge in [0, 0.05) is 34.7 Å². The fourth-order valence-electron chi connectivity index (χ4n) is 7.22. The van der Waals surface area contributed by atoms with Crippen LogP contribution in [0.1, 0.15) is 89.5 Å². The number of aliphatic imine (C=N–C) groups is 2. The van der Waals surface area contributed by atoms with E-state index in [1.807, 2.05) is 54.9 Å². The van der Waals surface area contributed by atoms with Gasteiger partial charge < -0.3 is 10.2 Å². The normalized spacial score (nSPS) is 21.7. The average Bonchev–Trinajstić information content (AvgIpc) is 3.58. The van der Waals surface area contributed by atoms with Gasteiger partial charge >= 0.3 is 0 Å². The minimum atomic E-state index is -0.308. The van der Waals surface area contributed by atoms with E-state index < -0.39 is 0 Å². The monoisotopic (exact) mass is 598 g/mol. The van der Waals surface area contributed by atoms with Crippen molar-refractivity contribution in [2.75, 3.05) is 0 Å². The first-order chi connectivity index (χ1) is 21.3. The lowest BCUT2D eigenvalue weighted by Crippen LogP contribution is -2.34. The lowest BCUT2D eigenvalue weighted by atomic mass is 9.83. The van der Waals surface area contributed by atoms with Crippen LogP contribution in [0.3, 0.4) is 0 Å². The molecule has 0 aromatic heterocycles. The van der Waals surface area contributed by atoms with E-state index in [4.69, 9.17) is 9.98 Å². The number of fused-ring (bicyclic) bond motifs is 2. The van der Waals surface area contributed by atoms with Gasteiger partial charge in [-0.05, 0) is 89.0 Å². The van der Waals surface area contributed by atoms with Crippen molar-refractivity contribution in [2.45, 2.75) is 89.6 Å². The van der Waals surface area contributed by atoms with Gasteiger partial charge in [0.25, 0.3) is 0 Å². The second kappa shape index (κ2) is 11.6. The van der Waals surface area contributed by atoms with Gasteiger partial charge in [-0.15, -0.1) is 0 Å². The smallest absolute Gasteiger partial charge is 0.128 e. The molecule has 3 atom stereocenters. The number of nitrogens with zero attached hydrogens (tertiary/aromatic N) is 2. The first-order valence-corrected chi connectivity index (χ1v) is 16.3. The Morgan fingerprint density at radius 1 is 0.667 bits per heavy atom. The number of phenolic OH excluding ortho intramolecular Hbond substituents is 2. The van der Waals surface area contributed by atoms with Crippen molar-refractivity contribution in [1.29, 1.82) is 0 Å². The van der Waals surface area contributed by atoms with Gasteiger partial charge in [0.15, 0.2) is 0 Å². The molecule has 6 rings (SSSR count). The van der Waals surface area contributed by atoms with Crippen molar-refractivity contribution >= 4 is 12.4 Å². The summed E-state index contributed by atoms with van der Waals surface area (Å²) < 4.78 is 0. The first kappa shape index (κ1) is 30.8. The molecule has 2 fully saturated rings. The summed E-state index contributed by atoms with van der Waals surface area (Å²) in [6, 6.07) is 29.0. The van der Waals surface area contributed by atoms with Crippen molar-refractivity contribution < 1.29 is 10.2 Å². The summed E-state index contributed by atoms with van der Waals surface area (Å²) in [4.78, 5) is 10.4. The number of aromatic hydroxyl groups is 2. The molecule has 4 heteroatoms. The Labute approximate surface area is 268 Å². The Morgan fingerprint density at radius 2 is 1.16 bits per heavy atom. The van der Waals surface area contributed by atoms with Crippen molar-refractivity contribution in [3.8, 4) is 33.8 Å². The third-order valence-electron chi connectivity index (χ3n) is 9.77. The summed E-state index contributed by atoms with van der Waals surface area (Å²) in [5.74, 6) is 1.18. The lowest BCUT2D eigenvalue weighted by molar-refractivity contribution is 0.367. The summed E-state index contributed by atoms with van der Waals surface area (Å²) in [7, 11) is 0. The molecule has 2 aliphatic carbocycles. The first-order valence-electron chi connectivity index (χ1n) is 16.3. The summed E-state index contributed by atoms with van der Waals surface area (Å²) in [5.41, 5.74) is 6.94. The Hall–Kier alpha value is -4.18. The zero-order valence-corrected chi connectivity index (χ0v) is 27.5. The molecule has 2 N–H and O–H groups in total. The highest BCUT2D eigenvalue weighted by Gasteiger charge is 2.52. The van der Waals surface area contributed by atoms with Gasteiger partial charge in [-0.1, -0.05) is 102 Å². The van der Waals surface area contributed by atoms with Crippen LogP contribution in [0, 0.1) is 5.92 Å². The topological polar surface area (TPSA) is 65.2 Å². The second-order valence-electron chi connectivity index (χ2n) is 15.2. The zero-order chi connectivity index (χ0) is 32.0. The highest BCUT2D eigenvalue weighted by Crippen LogP contribution is 2.52. The van der Waals surface area contributed by atoms with Gasteiger partial charge in [-0.25, -0.2) is 0 Å². The third-order valence-corrected chi connectivity index (χ3v) is 9.77. The molecule has 232 valence electrons. The minimum absolute atomic E-state index is 0.0203. The quantitative estimate of drug-likeness (QED) is 0.217. The Kier molecular flexibility index (Phi) is 7.97. The van der Waals surface area contributed by atoms with E-state index in [1.54, 1.807) is 0 Å². The molecule has 4 aromatic carbocycles. The third kappa shape index (κ3) is 6.20. The highest BCUT2D eigenvalue weighted by molar-refractivity contribution is 5.89. The Morgan fingerprint density at radius 3 is 1.62 bits per heavy atom. The standard InChI is InChI=1S/C41H46N2O2/c1-39(2,3)34-22-30(28-13-9-7-10-14-28)20-32(37(34)44)25-42-36-19-27-17-18-41(36,24-27)43-26-33-21-31(29-15-11-8-12-16-29)23-35(38(33)45)40(4,5)6/h7-16,20-23,25-27,36,44-45H,17-19,24H2,1-6H3. The summed E-state index contributed by atoms with van der Waals surface area (Å²) in [6.07, 6.45) is 7.89. The van der Waals surface area contributed by atoms with Crippen LogP contribution in [0.15, 0.2) is 94.9 Å². The molecular weight excluding hydrogens is 552 g/mol. The second-order valence-corrected chi connectivity index (χ2v) is 15.2. The maximum Gasteiger partial charge on any atom is 0.128 e.